The minimum atomic E-state index is 0.0383. The lowest BCUT2D eigenvalue weighted by Crippen LogP contribution is -2.40. The molecule has 48 heavy (non-hydrogen) atoms. The minimum Gasteiger partial charge on any atom is -0.494 e. The average molecular weight is 659 g/mol. The Morgan fingerprint density at radius 3 is 2.83 bits per heavy atom. The van der Waals surface area contributed by atoms with Crippen LogP contribution in [0.25, 0.3) is 6.08 Å². The number of imidazole rings is 1. The number of amides is 1. The van der Waals surface area contributed by atoms with Crippen LogP contribution in [0.3, 0.4) is 0 Å². The molecular formula is C38H58N8O2. The van der Waals surface area contributed by atoms with Crippen LogP contribution in [0.1, 0.15) is 82.1 Å². The number of hydrogen-bond acceptors (Lipinski definition) is 8. The molecule has 1 fully saturated rings. The van der Waals surface area contributed by atoms with E-state index in [4.69, 9.17) is 20.4 Å². The summed E-state index contributed by atoms with van der Waals surface area (Å²) in [5, 5.41) is 6.63. The lowest BCUT2D eigenvalue weighted by Gasteiger charge is -2.33. The summed E-state index contributed by atoms with van der Waals surface area (Å²) in [5.74, 6) is 2.89. The molecule has 1 unspecified atom stereocenters. The molecule has 0 bridgehead atoms. The molecule has 3 heterocycles. The number of aryl methyl sites for hydroxylation is 1. The lowest BCUT2D eigenvalue weighted by atomic mass is 9.99. The summed E-state index contributed by atoms with van der Waals surface area (Å²) in [6.07, 6.45) is 14.4. The Balaban J connectivity index is 1.40. The van der Waals surface area contributed by atoms with Gasteiger partial charge in [-0.2, -0.15) is 0 Å². The first kappa shape index (κ1) is 36.9. The minimum absolute atomic E-state index is 0.0383. The number of ether oxygens (including phenoxy) is 1. The van der Waals surface area contributed by atoms with E-state index in [1.165, 1.54) is 25.1 Å². The molecule has 10 heteroatoms. The van der Waals surface area contributed by atoms with E-state index in [1.807, 2.05) is 24.4 Å². The fourth-order valence-corrected chi connectivity index (χ4v) is 6.05. The summed E-state index contributed by atoms with van der Waals surface area (Å²) >= 11 is 0. The zero-order valence-electron chi connectivity index (χ0n) is 29.9. The predicted molar refractivity (Wildman–Crippen MR) is 197 cm³/mol. The van der Waals surface area contributed by atoms with Crippen LogP contribution in [0.2, 0.25) is 0 Å². The number of hydrogen-bond donors (Lipinski definition) is 4. The van der Waals surface area contributed by atoms with Crippen molar-refractivity contribution < 1.29 is 9.53 Å². The van der Waals surface area contributed by atoms with E-state index in [-0.39, 0.29) is 17.9 Å². The zero-order valence-corrected chi connectivity index (χ0v) is 29.9. The van der Waals surface area contributed by atoms with Crippen molar-refractivity contribution in [2.75, 3.05) is 52.9 Å². The molecule has 1 aromatic carbocycles. The number of carbonyl (C=O) groups excluding carboxylic acids is 1. The van der Waals surface area contributed by atoms with E-state index in [9.17, 15) is 4.79 Å². The number of H-pyrrole nitrogens is 1. The van der Waals surface area contributed by atoms with Gasteiger partial charge in [0.05, 0.1) is 12.3 Å². The molecule has 0 spiro atoms. The molecular weight excluding hydrogens is 600 g/mol. The number of nitrogens with zero attached hydrogens (tertiary/aromatic N) is 4. The second-order valence-corrected chi connectivity index (χ2v) is 13.4. The van der Waals surface area contributed by atoms with E-state index in [1.54, 1.807) is 0 Å². The van der Waals surface area contributed by atoms with E-state index in [0.717, 1.165) is 72.4 Å². The maximum Gasteiger partial charge on any atom is 0.220 e. The first-order chi connectivity index (χ1) is 23.2. The average Bonchev–Trinajstić information content (AvgIpc) is 3.42. The lowest BCUT2D eigenvalue weighted by molar-refractivity contribution is -0.121. The largest absolute Gasteiger partial charge is 0.494 e. The normalized spacial score (nSPS) is 21.0. The molecule has 0 radical (unpaired) electrons. The number of aliphatic imine (C=N–C) groups is 1. The van der Waals surface area contributed by atoms with Crippen molar-refractivity contribution in [3.8, 4) is 5.75 Å². The van der Waals surface area contributed by atoms with Gasteiger partial charge in [0.15, 0.2) is 0 Å². The van der Waals surface area contributed by atoms with Crippen molar-refractivity contribution in [2.45, 2.75) is 78.7 Å². The molecule has 2 aliphatic rings. The number of nitrogens with one attached hydrogen (secondary N) is 3. The Bertz CT molecular complexity index is 1440. The molecule has 1 amide bonds. The highest BCUT2D eigenvalue weighted by atomic mass is 16.5. The molecule has 2 aromatic rings. The zero-order chi connectivity index (χ0) is 34.3. The highest BCUT2D eigenvalue weighted by Gasteiger charge is 2.20. The fourth-order valence-electron chi connectivity index (χ4n) is 6.05. The second kappa shape index (κ2) is 19.2. The van der Waals surface area contributed by atoms with Crippen LogP contribution >= 0.6 is 0 Å². The summed E-state index contributed by atoms with van der Waals surface area (Å²) < 4.78 is 5.95. The quantitative estimate of drug-likeness (QED) is 0.206. The Hall–Kier alpha value is -3.89. The highest BCUT2D eigenvalue weighted by molar-refractivity contribution is 6.03. The van der Waals surface area contributed by atoms with E-state index in [2.05, 4.69) is 84.5 Å². The Morgan fingerprint density at radius 1 is 1.19 bits per heavy atom. The number of rotatable bonds is 14. The van der Waals surface area contributed by atoms with Crippen LogP contribution in [0.15, 0.2) is 58.9 Å². The van der Waals surface area contributed by atoms with Crippen molar-refractivity contribution in [2.24, 2.45) is 16.6 Å². The summed E-state index contributed by atoms with van der Waals surface area (Å²) in [4.78, 5) is 30.3. The SMILES string of the molecule is Cc1[nH]c(Cc2cccc(OCCCC(=O)NCCCN)c2)nc1/C=C(/C1=N\C=C\C=C(\N2CCCCN(C)CC2)CC(C)N1)C(C)C. The van der Waals surface area contributed by atoms with Crippen LogP contribution in [0.5, 0.6) is 5.75 Å². The molecule has 10 nitrogen and oxygen atoms in total. The first-order valence-electron chi connectivity index (χ1n) is 17.8. The van der Waals surface area contributed by atoms with E-state index >= 15 is 0 Å². The maximum atomic E-state index is 11.9. The van der Waals surface area contributed by atoms with Gasteiger partial charge in [0.1, 0.15) is 17.4 Å². The number of allylic oxidation sites excluding steroid dienone is 2. The molecule has 0 aliphatic carbocycles. The third kappa shape index (κ3) is 12.0. The number of benzene rings is 1. The number of likely N-dealkylation sites (N-methyl/N-ethyl adjacent to an activating group) is 1. The second-order valence-electron chi connectivity index (χ2n) is 13.4. The van der Waals surface area contributed by atoms with Crippen LogP contribution in [0.4, 0.5) is 0 Å². The Labute approximate surface area is 288 Å². The standard InChI is InChI=1S/C38H58N8O2/c1-28(2)34(38-41-17-9-13-32(24-29(3)42-38)46-20-7-6-19-45(5)21-22-46)27-35-30(4)43-36(44-35)26-31-12-8-14-33(25-31)48-23-10-15-37(47)40-18-11-16-39/h8-9,12-14,17,25,27-29H,6-7,10-11,15-16,18-24,26,39H2,1-5H3,(H,40,47)(H,41,42)(H,43,44)/b17-9+,32-13+,34-27+. The van der Waals surface area contributed by atoms with Gasteiger partial charge >= 0.3 is 0 Å². The topological polar surface area (TPSA) is 124 Å². The van der Waals surface area contributed by atoms with Gasteiger partial charge in [-0.15, -0.1) is 0 Å². The number of carbonyl (C=O) groups is 1. The van der Waals surface area contributed by atoms with Crippen molar-refractivity contribution in [3.63, 3.8) is 0 Å². The fraction of sp³-hybridized carbons (Fsp3) is 0.553. The van der Waals surface area contributed by atoms with Crippen molar-refractivity contribution in [1.29, 1.82) is 0 Å². The molecule has 1 saturated heterocycles. The first-order valence-corrected chi connectivity index (χ1v) is 17.8. The molecule has 0 saturated carbocycles. The number of nitrogens with two attached hydrogens (primary N) is 1. The van der Waals surface area contributed by atoms with Gasteiger partial charge in [-0.3, -0.25) is 4.79 Å². The van der Waals surface area contributed by atoms with Crippen molar-refractivity contribution in [1.82, 2.24) is 30.4 Å². The van der Waals surface area contributed by atoms with Crippen molar-refractivity contribution in [3.05, 3.63) is 76.7 Å². The van der Waals surface area contributed by atoms with Gasteiger partial charge in [0, 0.05) is 69.1 Å². The van der Waals surface area contributed by atoms with Crippen LogP contribution in [-0.4, -0.2) is 90.5 Å². The molecule has 5 N–H and O–H groups in total. The third-order valence-corrected chi connectivity index (χ3v) is 8.80. The summed E-state index contributed by atoms with van der Waals surface area (Å²) in [6, 6.07) is 8.31. The van der Waals surface area contributed by atoms with Gasteiger partial charge in [-0.25, -0.2) is 9.98 Å². The number of aromatic nitrogens is 2. The summed E-state index contributed by atoms with van der Waals surface area (Å²) in [6.45, 7) is 14.9. The van der Waals surface area contributed by atoms with Crippen LogP contribution in [-0.2, 0) is 11.2 Å². The van der Waals surface area contributed by atoms with Crippen LogP contribution in [0, 0.1) is 12.8 Å². The number of aromatic amines is 1. The van der Waals surface area contributed by atoms with Gasteiger partial charge in [-0.05, 0) is 107 Å². The monoisotopic (exact) mass is 658 g/mol. The van der Waals surface area contributed by atoms with Gasteiger partial charge in [0.25, 0.3) is 0 Å². The molecule has 4 rings (SSSR count). The highest BCUT2D eigenvalue weighted by Crippen LogP contribution is 2.22. The maximum absolute atomic E-state index is 11.9. The van der Waals surface area contributed by atoms with E-state index in [0.29, 0.717) is 39.0 Å². The van der Waals surface area contributed by atoms with Gasteiger partial charge < -0.3 is 35.9 Å². The summed E-state index contributed by atoms with van der Waals surface area (Å²) in [7, 11) is 2.22. The molecule has 2 aliphatic heterocycles. The van der Waals surface area contributed by atoms with Gasteiger partial charge in [-0.1, -0.05) is 26.0 Å². The van der Waals surface area contributed by atoms with Crippen LogP contribution < -0.4 is 21.1 Å². The Kier molecular flexibility index (Phi) is 14.8. The molecule has 262 valence electrons. The summed E-state index contributed by atoms with van der Waals surface area (Å²) in [5.41, 5.74) is 11.0. The third-order valence-electron chi connectivity index (χ3n) is 8.80. The predicted octanol–water partition coefficient (Wildman–Crippen LogP) is 5.18. The number of amidine groups is 1. The Morgan fingerprint density at radius 2 is 2.02 bits per heavy atom. The van der Waals surface area contributed by atoms with Gasteiger partial charge in [0.2, 0.25) is 5.91 Å². The molecule has 1 atom stereocenters. The smallest absolute Gasteiger partial charge is 0.220 e. The van der Waals surface area contributed by atoms with E-state index < -0.39 is 0 Å². The van der Waals surface area contributed by atoms with Crippen molar-refractivity contribution >= 4 is 17.8 Å². The molecule has 1 aromatic heterocycles.